The van der Waals surface area contributed by atoms with Crippen molar-refractivity contribution in [2.24, 2.45) is 5.92 Å². The molecular weight excluding hydrogens is 279 g/mol. The summed E-state index contributed by atoms with van der Waals surface area (Å²) in [5, 5.41) is 4.24. The van der Waals surface area contributed by atoms with Crippen LogP contribution in [-0.4, -0.2) is 38.1 Å². The number of nitrogens with one attached hydrogen (secondary N) is 1. The number of nitrogens with zero attached hydrogens (tertiary/aromatic N) is 1. The number of hydrogen-bond acceptors (Lipinski definition) is 2. The van der Waals surface area contributed by atoms with E-state index in [9.17, 15) is 0 Å². The second-order valence-electron chi connectivity index (χ2n) is 5.33. The van der Waals surface area contributed by atoms with Crippen LogP contribution in [0.3, 0.4) is 0 Å². The highest BCUT2D eigenvalue weighted by Gasteiger charge is 2.14. The zero-order valence-corrected chi connectivity index (χ0v) is 13.1. The minimum atomic E-state index is 0. The van der Waals surface area contributed by atoms with Crippen molar-refractivity contribution >= 4 is 24.0 Å². The predicted octanol–water partition coefficient (Wildman–Crippen LogP) is 3.24. The lowest BCUT2D eigenvalue weighted by Crippen LogP contribution is -2.35. The van der Waals surface area contributed by atoms with E-state index in [1.54, 1.807) is 0 Å². The lowest BCUT2D eigenvalue weighted by atomic mass is 9.97. The van der Waals surface area contributed by atoms with Crippen LogP contribution in [0.15, 0.2) is 24.3 Å². The smallest absolute Gasteiger partial charge is 0.0406 e. The monoisotopic (exact) mass is 302 g/mol. The van der Waals surface area contributed by atoms with Crippen molar-refractivity contribution in [2.75, 3.05) is 33.2 Å². The Morgan fingerprint density at radius 2 is 1.84 bits per heavy atom. The molecular formula is C15H24Cl2N2. The first kappa shape index (κ1) is 16.8. The zero-order valence-electron chi connectivity index (χ0n) is 11.6. The first-order valence-corrected chi connectivity index (χ1v) is 7.25. The van der Waals surface area contributed by atoms with Crippen LogP contribution < -0.4 is 5.32 Å². The summed E-state index contributed by atoms with van der Waals surface area (Å²) < 4.78 is 0. The fourth-order valence-corrected chi connectivity index (χ4v) is 2.69. The summed E-state index contributed by atoms with van der Waals surface area (Å²) in [6.07, 6.45) is 3.76. The molecule has 0 amide bonds. The molecule has 0 aliphatic carbocycles. The van der Waals surface area contributed by atoms with Gasteiger partial charge in [0, 0.05) is 18.1 Å². The van der Waals surface area contributed by atoms with Gasteiger partial charge >= 0.3 is 0 Å². The maximum Gasteiger partial charge on any atom is 0.0406 e. The van der Waals surface area contributed by atoms with Crippen molar-refractivity contribution in [3.8, 4) is 0 Å². The first-order valence-electron chi connectivity index (χ1n) is 6.88. The summed E-state index contributed by atoms with van der Waals surface area (Å²) in [6.45, 7) is 4.74. The van der Waals surface area contributed by atoms with Crippen LogP contribution in [0.5, 0.6) is 0 Å². The molecule has 108 valence electrons. The molecule has 1 fully saturated rings. The van der Waals surface area contributed by atoms with Crippen molar-refractivity contribution in [1.82, 2.24) is 10.2 Å². The molecule has 0 unspecified atom stereocenters. The Bertz CT molecular complexity index is 348. The number of halogens is 2. The third-order valence-corrected chi connectivity index (χ3v) is 3.98. The van der Waals surface area contributed by atoms with E-state index in [1.165, 1.54) is 38.0 Å². The molecule has 19 heavy (non-hydrogen) atoms. The van der Waals surface area contributed by atoms with Gasteiger partial charge in [-0.25, -0.2) is 0 Å². The quantitative estimate of drug-likeness (QED) is 0.898. The SMILES string of the molecule is CN(CCc1ccc(Cl)cc1)CC1CCNCC1.Cl. The molecule has 1 heterocycles. The largest absolute Gasteiger partial charge is 0.317 e. The van der Waals surface area contributed by atoms with Crippen LogP contribution >= 0.6 is 24.0 Å². The minimum absolute atomic E-state index is 0. The van der Waals surface area contributed by atoms with Crippen molar-refractivity contribution < 1.29 is 0 Å². The van der Waals surface area contributed by atoms with E-state index in [0.717, 1.165) is 23.9 Å². The standard InChI is InChI=1S/C15H23ClN2.ClH/c1-18(12-14-6-9-17-10-7-14)11-8-13-2-4-15(16)5-3-13;/h2-5,14,17H,6-12H2,1H3;1H. The lowest BCUT2D eigenvalue weighted by molar-refractivity contribution is 0.242. The predicted molar refractivity (Wildman–Crippen MR) is 85.5 cm³/mol. The van der Waals surface area contributed by atoms with Crippen LogP contribution in [0.25, 0.3) is 0 Å². The van der Waals surface area contributed by atoms with E-state index in [4.69, 9.17) is 11.6 Å². The highest BCUT2D eigenvalue weighted by molar-refractivity contribution is 6.30. The topological polar surface area (TPSA) is 15.3 Å². The zero-order chi connectivity index (χ0) is 12.8. The third kappa shape index (κ3) is 6.13. The highest BCUT2D eigenvalue weighted by atomic mass is 35.5. The van der Waals surface area contributed by atoms with E-state index < -0.39 is 0 Å². The normalized spacial score (nSPS) is 16.4. The molecule has 1 aliphatic rings. The molecule has 0 spiro atoms. The maximum absolute atomic E-state index is 5.89. The molecule has 0 atom stereocenters. The number of piperidine rings is 1. The number of hydrogen-bond donors (Lipinski definition) is 1. The summed E-state index contributed by atoms with van der Waals surface area (Å²) in [4.78, 5) is 2.46. The Morgan fingerprint density at radius 3 is 2.47 bits per heavy atom. The van der Waals surface area contributed by atoms with E-state index in [-0.39, 0.29) is 12.4 Å². The molecule has 0 bridgehead atoms. The Kier molecular flexibility index (Phi) is 7.77. The third-order valence-electron chi connectivity index (χ3n) is 3.72. The van der Waals surface area contributed by atoms with Crippen molar-refractivity contribution in [3.63, 3.8) is 0 Å². The van der Waals surface area contributed by atoms with Gasteiger partial charge in [-0.3, -0.25) is 0 Å². The van der Waals surface area contributed by atoms with Crippen molar-refractivity contribution in [2.45, 2.75) is 19.3 Å². The van der Waals surface area contributed by atoms with E-state index in [0.29, 0.717) is 0 Å². The molecule has 4 heteroatoms. The van der Waals surface area contributed by atoms with E-state index in [1.807, 2.05) is 12.1 Å². The van der Waals surface area contributed by atoms with E-state index >= 15 is 0 Å². The van der Waals surface area contributed by atoms with Gasteiger partial charge in [-0.2, -0.15) is 0 Å². The van der Waals surface area contributed by atoms with Gasteiger partial charge in [0.25, 0.3) is 0 Å². The van der Waals surface area contributed by atoms with Gasteiger partial charge in [-0.1, -0.05) is 23.7 Å². The molecule has 2 nitrogen and oxygen atoms in total. The molecule has 1 N–H and O–H groups in total. The van der Waals surface area contributed by atoms with Gasteiger partial charge in [0.15, 0.2) is 0 Å². The van der Waals surface area contributed by atoms with Gasteiger partial charge in [0.2, 0.25) is 0 Å². The van der Waals surface area contributed by atoms with Gasteiger partial charge < -0.3 is 10.2 Å². The molecule has 0 radical (unpaired) electrons. The van der Waals surface area contributed by atoms with Gasteiger partial charge in [0.05, 0.1) is 0 Å². The average Bonchev–Trinajstić information content (AvgIpc) is 2.39. The second-order valence-corrected chi connectivity index (χ2v) is 5.77. The number of likely N-dealkylation sites (N-methyl/N-ethyl adjacent to an activating group) is 1. The molecule has 1 aromatic carbocycles. The maximum atomic E-state index is 5.89. The molecule has 0 aromatic heterocycles. The summed E-state index contributed by atoms with van der Waals surface area (Å²) in [7, 11) is 2.23. The summed E-state index contributed by atoms with van der Waals surface area (Å²) in [5.74, 6) is 0.876. The van der Waals surface area contributed by atoms with Gasteiger partial charge in [-0.05, 0) is 63.0 Å². The number of rotatable bonds is 5. The fraction of sp³-hybridized carbons (Fsp3) is 0.600. The van der Waals surface area contributed by atoms with Crippen LogP contribution in [0.1, 0.15) is 18.4 Å². The average molecular weight is 303 g/mol. The number of benzene rings is 1. The van der Waals surface area contributed by atoms with E-state index in [2.05, 4.69) is 29.4 Å². The second kappa shape index (κ2) is 8.80. The Labute approximate surface area is 127 Å². The molecule has 1 aromatic rings. The van der Waals surface area contributed by atoms with Crippen LogP contribution in [0.2, 0.25) is 5.02 Å². The van der Waals surface area contributed by atoms with Crippen LogP contribution in [0.4, 0.5) is 0 Å². The Balaban J connectivity index is 0.00000180. The Hall–Kier alpha value is -0.280. The van der Waals surface area contributed by atoms with Crippen molar-refractivity contribution in [3.05, 3.63) is 34.9 Å². The van der Waals surface area contributed by atoms with Crippen molar-refractivity contribution in [1.29, 1.82) is 0 Å². The minimum Gasteiger partial charge on any atom is -0.317 e. The van der Waals surface area contributed by atoms with Crippen LogP contribution in [-0.2, 0) is 6.42 Å². The lowest BCUT2D eigenvalue weighted by Gasteiger charge is -2.27. The molecule has 2 rings (SSSR count). The summed E-state index contributed by atoms with van der Waals surface area (Å²) >= 11 is 5.89. The fourth-order valence-electron chi connectivity index (χ4n) is 2.57. The molecule has 1 aliphatic heterocycles. The first-order chi connectivity index (χ1) is 8.74. The van der Waals surface area contributed by atoms with Gasteiger partial charge in [-0.15, -0.1) is 12.4 Å². The summed E-state index contributed by atoms with van der Waals surface area (Å²) in [5.41, 5.74) is 1.37. The van der Waals surface area contributed by atoms with Crippen LogP contribution in [0, 0.1) is 5.92 Å². The molecule has 0 saturated carbocycles. The summed E-state index contributed by atoms with van der Waals surface area (Å²) in [6, 6.07) is 8.20. The Morgan fingerprint density at radius 1 is 1.21 bits per heavy atom. The highest BCUT2D eigenvalue weighted by Crippen LogP contribution is 2.14. The molecule has 1 saturated heterocycles. The van der Waals surface area contributed by atoms with Gasteiger partial charge in [0.1, 0.15) is 0 Å².